The molecule has 0 spiro atoms. The van der Waals surface area contributed by atoms with E-state index >= 15 is 0 Å². The van der Waals surface area contributed by atoms with E-state index in [0.717, 1.165) is 23.2 Å². The number of anilines is 1. The summed E-state index contributed by atoms with van der Waals surface area (Å²) in [4.78, 5) is 22.3. The molecule has 27 heavy (non-hydrogen) atoms. The second-order valence-corrected chi connectivity index (χ2v) is 7.36. The summed E-state index contributed by atoms with van der Waals surface area (Å²) in [5, 5.41) is 24.3. The second-order valence-electron chi connectivity index (χ2n) is 6.95. The average Bonchev–Trinajstić information content (AvgIpc) is 3.11. The molecule has 6 nitrogen and oxygen atoms in total. The zero-order chi connectivity index (χ0) is 19.3. The molecule has 0 fully saturated rings. The van der Waals surface area contributed by atoms with Crippen LogP contribution in [0.5, 0.6) is 0 Å². The van der Waals surface area contributed by atoms with Crippen LogP contribution in [0.3, 0.4) is 0 Å². The summed E-state index contributed by atoms with van der Waals surface area (Å²) in [7, 11) is 0. The van der Waals surface area contributed by atoms with Crippen LogP contribution < -0.4 is 5.32 Å². The molecule has 0 radical (unpaired) electrons. The number of aromatic carboxylic acids is 1. The quantitative estimate of drug-likeness (QED) is 0.437. The first-order valence-electron chi connectivity index (χ1n) is 8.62. The van der Waals surface area contributed by atoms with E-state index in [4.69, 9.17) is 11.6 Å². The van der Waals surface area contributed by atoms with Crippen molar-refractivity contribution in [3.8, 4) is 0 Å². The Hall–Kier alpha value is -2.86. The van der Waals surface area contributed by atoms with Crippen molar-refractivity contribution in [2.24, 2.45) is 5.92 Å². The van der Waals surface area contributed by atoms with Crippen LogP contribution in [0.2, 0.25) is 5.02 Å². The molecule has 3 atom stereocenters. The third kappa shape index (κ3) is 2.77. The highest BCUT2D eigenvalue weighted by molar-refractivity contribution is 6.32. The topological polar surface area (TPSA) is 92.5 Å². The molecule has 2 aromatic carbocycles. The number of rotatable bonds is 3. The minimum Gasteiger partial charge on any atom is -0.478 e. The molecular formula is C20H17ClN2O4. The molecule has 1 aliphatic carbocycles. The summed E-state index contributed by atoms with van der Waals surface area (Å²) < 4.78 is 0. The van der Waals surface area contributed by atoms with Crippen molar-refractivity contribution in [2.75, 3.05) is 5.32 Å². The van der Waals surface area contributed by atoms with Gasteiger partial charge in [0.2, 0.25) is 0 Å². The van der Waals surface area contributed by atoms with Crippen molar-refractivity contribution in [2.45, 2.75) is 25.3 Å². The zero-order valence-corrected chi connectivity index (χ0v) is 15.2. The molecule has 0 saturated heterocycles. The van der Waals surface area contributed by atoms with Crippen molar-refractivity contribution in [3.05, 3.63) is 79.9 Å². The molecule has 0 amide bonds. The molecule has 138 valence electrons. The maximum Gasteiger partial charge on any atom is 0.336 e. The maximum absolute atomic E-state index is 11.5. The number of benzene rings is 2. The van der Waals surface area contributed by atoms with Crippen LogP contribution in [0.4, 0.5) is 11.4 Å². The van der Waals surface area contributed by atoms with E-state index in [9.17, 15) is 20.0 Å². The fraction of sp³-hybridized carbons (Fsp3) is 0.250. The summed E-state index contributed by atoms with van der Waals surface area (Å²) >= 11 is 5.96. The molecule has 2 aliphatic rings. The lowest BCUT2D eigenvalue weighted by Gasteiger charge is -2.38. The number of hydrogen-bond donors (Lipinski definition) is 2. The average molecular weight is 385 g/mol. The Balaban J connectivity index is 1.84. The van der Waals surface area contributed by atoms with Gasteiger partial charge in [0.25, 0.3) is 5.69 Å². The minimum absolute atomic E-state index is 0.102. The number of fused-ring (bicyclic) bond motifs is 3. The maximum atomic E-state index is 11.5. The number of nitro groups is 1. The van der Waals surface area contributed by atoms with Crippen LogP contribution in [0.1, 0.15) is 45.4 Å². The van der Waals surface area contributed by atoms with E-state index in [1.807, 2.05) is 6.07 Å². The van der Waals surface area contributed by atoms with Crippen LogP contribution in [0, 0.1) is 23.0 Å². The molecule has 1 heterocycles. The van der Waals surface area contributed by atoms with Gasteiger partial charge in [0.1, 0.15) is 5.02 Å². The van der Waals surface area contributed by atoms with Gasteiger partial charge in [-0.2, -0.15) is 0 Å². The van der Waals surface area contributed by atoms with Crippen molar-refractivity contribution < 1.29 is 14.8 Å². The van der Waals surface area contributed by atoms with Gasteiger partial charge >= 0.3 is 5.97 Å². The largest absolute Gasteiger partial charge is 0.478 e. The van der Waals surface area contributed by atoms with Gasteiger partial charge in [-0.3, -0.25) is 10.1 Å². The number of nitrogens with zero attached hydrogens (tertiary/aromatic N) is 1. The molecule has 0 aromatic heterocycles. The summed E-state index contributed by atoms with van der Waals surface area (Å²) in [6.07, 6.45) is 5.10. The smallest absolute Gasteiger partial charge is 0.336 e. The van der Waals surface area contributed by atoms with E-state index in [2.05, 4.69) is 17.5 Å². The first-order valence-corrected chi connectivity index (χ1v) is 9.00. The predicted molar refractivity (Wildman–Crippen MR) is 103 cm³/mol. The number of carboxylic acid groups (broad SMARTS) is 1. The Morgan fingerprint density at radius 2 is 2.11 bits per heavy atom. The lowest BCUT2D eigenvalue weighted by atomic mass is 9.76. The lowest BCUT2D eigenvalue weighted by Crippen LogP contribution is -2.30. The molecule has 2 N–H and O–H groups in total. The van der Waals surface area contributed by atoms with Gasteiger partial charge in [-0.05, 0) is 48.1 Å². The highest BCUT2D eigenvalue weighted by Crippen LogP contribution is 2.51. The number of allylic oxidation sites excluding steroid dienone is 2. The molecule has 7 heteroatoms. The van der Waals surface area contributed by atoms with E-state index < -0.39 is 10.9 Å². The summed E-state index contributed by atoms with van der Waals surface area (Å²) in [5.74, 6) is -0.629. The van der Waals surface area contributed by atoms with Gasteiger partial charge in [-0.25, -0.2) is 4.79 Å². The van der Waals surface area contributed by atoms with E-state index in [1.54, 1.807) is 25.1 Å². The van der Waals surface area contributed by atoms with Crippen molar-refractivity contribution in [1.29, 1.82) is 0 Å². The molecule has 1 aliphatic heterocycles. The van der Waals surface area contributed by atoms with Crippen molar-refractivity contribution in [3.63, 3.8) is 0 Å². The van der Waals surface area contributed by atoms with E-state index in [0.29, 0.717) is 5.56 Å². The Morgan fingerprint density at radius 3 is 2.81 bits per heavy atom. The van der Waals surface area contributed by atoms with Gasteiger partial charge in [0.05, 0.1) is 16.5 Å². The van der Waals surface area contributed by atoms with E-state index in [1.165, 1.54) is 6.07 Å². The van der Waals surface area contributed by atoms with E-state index in [-0.39, 0.29) is 34.2 Å². The SMILES string of the molecule is Cc1c(C(=O)O)ccc2c1N[C@H](c1ccc(Cl)c([N+](=O)[O-])c1)[C@H]1CC=C[C@H]21. The molecule has 2 aromatic rings. The van der Waals surface area contributed by atoms with Gasteiger partial charge in [-0.1, -0.05) is 35.9 Å². The number of carboxylic acids is 1. The Bertz CT molecular complexity index is 1000. The first-order chi connectivity index (χ1) is 12.9. The second kappa shape index (κ2) is 6.39. The van der Waals surface area contributed by atoms with Gasteiger partial charge in [0.15, 0.2) is 0 Å². The normalized spacial score (nSPS) is 22.7. The first kappa shape index (κ1) is 17.5. The van der Waals surface area contributed by atoms with Crippen LogP contribution in [-0.2, 0) is 0 Å². The molecular weight excluding hydrogens is 368 g/mol. The lowest BCUT2D eigenvalue weighted by molar-refractivity contribution is -0.384. The van der Waals surface area contributed by atoms with Crippen LogP contribution in [0.25, 0.3) is 0 Å². The highest BCUT2D eigenvalue weighted by atomic mass is 35.5. The number of carbonyl (C=O) groups is 1. The molecule has 0 unspecified atom stereocenters. The van der Waals surface area contributed by atoms with Gasteiger partial charge in [-0.15, -0.1) is 0 Å². The molecule has 0 bridgehead atoms. The number of halogens is 1. The van der Waals surface area contributed by atoms with Crippen LogP contribution >= 0.6 is 11.6 Å². The Labute approximate surface area is 160 Å². The number of nitrogens with one attached hydrogen (secondary N) is 1. The fourth-order valence-electron chi connectivity index (χ4n) is 4.24. The summed E-state index contributed by atoms with van der Waals surface area (Å²) in [6, 6.07) is 8.20. The minimum atomic E-state index is -0.972. The van der Waals surface area contributed by atoms with Crippen LogP contribution in [-0.4, -0.2) is 16.0 Å². The summed E-state index contributed by atoms with van der Waals surface area (Å²) in [5.41, 5.74) is 3.44. The zero-order valence-electron chi connectivity index (χ0n) is 14.5. The Morgan fingerprint density at radius 1 is 1.33 bits per heavy atom. The third-order valence-corrected chi connectivity index (χ3v) is 5.87. The monoisotopic (exact) mass is 384 g/mol. The van der Waals surface area contributed by atoms with Crippen molar-refractivity contribution in [1.82, 2.24) is 0 Å². The number of nitro benzene ring substituents is 1. The van der Waals surface area contributed by atoms with Gasteiger partial charge in [0, 0.05) is 17.7 Å². The standard InChI is InChI=1S/C20H17ClN2O4/c1-10-12(20(24)25)6-7-15-13-3-2-4-14(13)19(22-18(10)15)11-5-8-16(21)17(9-11)23(26)27/h2-3,5-9,13-14,19,22H,4H2,1H3,(H,24,25)/t13-,14-,19+/m0/s1. The van der Waals surface area contributed by atoms with Crippen LogP contribution in [0.15, 0.2) is 42.5 Å². The fourth-order valence-corrected chi connectivity index (χ4v) is 4.43. The highest BCUT2D eigenvalue weighted by Gasteiger charge is 2.39. The predicted octanol–water partition coefficient (Wildman–Crippen LogP) is 5.08. The van der Waals surface area contributed by atoms with Gasteiger partial charge < -0.3 is 10.4 Å². The number of hydrogen-bond acceptors (Lipinski definition) is 4. The summed E-state index contributed by atoms with van der Waals surface area (Å²) in [6.45, 7) is 1.79. The molecule has 4 rings (SSSR count). The molecule has 0 saturated carbocycles. The third-order valence-electron chi connectivity index (χ3n) is 5.55. The Kier molecular flexibility index (Phi) is 4.15. The van der Waals surface area contributed by atoms with Crippen molar-refractivity contribution >= 4 is 28.9 Å².